The van der Waals surface area contributed by atoms with Crippen LogP contribution in [0.4, 0.5) is 13.2 Å². The Hall–Kier alpha value is -1.78. The Morgan fingerprint density at radius 3 is 2.69 bits per heavy atom. The minimum atomic E-state index is -4.34. The van der Waals surface area contributed by atoms with Crippen LogP contribution in [0.25, 0.3) is 6.08 Å². The van der Waals surface area contributed by atoms with Crippen LogP contribution < -0.4 is 0 Å². The van der Waals surface area contributed by atoms with Crippen LogP contribution in [0.1, 0.15) is 11.1 Å². The molecule has 0 unspecified atom stereocenters. The summed E-state index contributed by atoms with van der Waals surface area (Å²) in [7, 11) is 0. The van der Waals surface area contributed by atoms with E-state index in [4.69, 9.17) is 0 Å². The molecule has 2 nitrogen and oxygen atoms in total. The standard InChI is InChI=1S/C11H9F3O2/c12-11(13,14)10-5-1-3-9(7-10)4-2-6-16-8-15/h1-5,7-8H,6H2. The Bertz CT molecular complexity index is 383. The Morgan fingerprint density at radius 2 is 2.06 bits per heavy atom. The van der Waals surface area contributed by atoms with Gasteiger partial charge >= 0.3 is 6.18 Å². The lowest BCUT2D eigenvalue weighted by Gasteiger charge is -2.06. The van der Waals surface area contributed by atoms with Gasteiger partial charge in [0.25, 0.3) is 6.47 Å². The van der Waals surface area contributed by atoms with Gasteiger partial charge in [0.05, 0.1) is 5.56 Å². The molecule has 0 saturated heterocycles. The first-order chi connectivity index (χ1) is 7.54. The molecule has 0 N–H and O–H groups in total. The summed E-state index contributed by atoms with van der Waals surface area (Å²) in [6.07, 6.45) is -1.42. The normalized spacial score (nSPS) is 11.7. The van der Waals surface area contributed by atoms with Crippen LogP contribution in [0, 0.1) is 0 Å². The van der Waals surface area contributed by atoms with Crippen molar-refractivity contribution < 1.29 is 22.7 Å². The number of ether oxygens (including phenoxy) is 1. The van der Waals surface area contributed by atoms with E-state index in [1.54, 1.807) is 0 Å². The summed E-state index contributed by atoms with van der Waals surface area (Å²) < 4.78 is 41.3. The number of benzene rings is 1. The van der Waals surface area contributed by atoms with Crippen molar-refractivity contribution in [2.24, 2.45) is 0 Å². The molecule has 0 radical (unpaired) electrons. The molecule has 0 atom stereocenters. The predicted octanol–water partition coefficient (Wildman–Crippen LogP) is 2.89. The van der Waals surface area contributed by atoms with Crippen molar-refractivity contribution in [1.82, 2.24) is 0 Å². The number of alkyl halides is 3. The molecule has 0 saturated carbocycles. The molecular formula is C11H9F3O2. The second-order valence-corrected chi connectivity index (χ2v) is 2.96. The molecule has 0 amide bonds. The van der Waals surface area contributed by atoms with Gasteiger partial charge in [-0.25, -0.2) is 0 Å². The average molecular weight is 230 g/mol. The number of rotatable bonds is 4. The highest BCUT2D eigenvalue weighted by Crippen LogP contribution is 2.29. The zero-order valence-corrected chi connectivity index (χ0v) is 8.20. The van der Waals surface area contributed by atoms with Crippen LogP contribution in [0.5, 0.6) is 0 Å². The molecule has 1 aromatic carbocycles. The van der Waals surface area contributed by atoms with Crippen molar-refractivity contribution in [3.05, 3.63) is 41.5 Å². The van der Waals surface area contributed by atoms with Gasteiger partial charge in [0.2, 0.25) is 0 Å². The van der Waals surface area contributed by atoms with Crippen molar-refractivity contribution in [2.75, 3.05) is 6.61 Å². The Labute approximate surface area is 90.3 Å². The number of hydrogen-bond acceptors (Lipinski definition) is 2. The highest BCUT2D eigenvalue weighted by atomic mass is 19.4. The number of halogens is 3. The zero-order chi connectivity index (χ0) is 12.0. The zero-order valence-electron chi connectivity index (χ0n) is 8.20. The first kappa shape index (κ1) is 12.3. The van der Waals surface area contributed by atoms with Crippen molar-refractivity contribution in [1.29, 1.82) is 0 Å². The molecule has 1 aromatic rings. The van der Waals surface area contributed by atoms with Gasteiger partial charge in [0, 0.05) is 0 Å². The third-order valence-electron chi connectivity index (χ3n) is 1.78. The number of carbonyl (C=O) groups is 1. The van der Waals surface area contributed by atoms with Crippen molar-refractivity contribution in [2.45, 2.75) is 6.18 Å². The maximum Gasteiger partial charge on any atom is 0.416 e. The largest absolute Gasteiger partial charge is 0.464 e. The maximum atomic E-state index is 12.3. The lowest BCUT2D eigenvalue weighted by Crippen LogP contribution is -2.04. The van der Waals surface area contributed by atoms with E-state index >= 15 is 0 Å². The summed E-state index contributed by atoms with van der Waals surface area (Å²) in [5, 5.41) is 0. The fraction of sp³-hybridized carbons (Fsp3) is 0.182. The van der Waals surface area contributed by atoms with E-state index in [0.717, 1.165) is 12.1 Å². The van der Waals surface area contributed by atoms with Gasteiger partial charge < -0.3 is 4.74 Å². The quantitative estimate of drug-likeness (QED) is 0.587. The summed E-state index contributed by atoms with van der Waals surface area (Å²) in [4.78, 5) is 9.80. The van der Waals surface area contributed by atoms with Gasteiger partial charge in [0.15, 0.2) is 0 Å². The minimum Gasteiger partial charge on any atom is -0.464 e. The van der Waals surface area contributed by atoms with Gasteiger partial charge in [0.1, 0.15) is 6.61 Å². The van der Waals surface area contributed by atoms with Crippen LogP contribution in [0.3, 0.4) is 0 Å². The molecular weight excluding hydrogens is 221 g/mol. The Kier molecular flexibility index (Phi) is 4.10. The second kappa shape index (κ2) is 5.34. The van der Waals surface area contributed by atoms with Crippen molar-refractivity contribution >= 4 is 12.5 Å². The lowest BCUT2D eigenvalue weighted by molar-refractivity contribution is -0.137. The summed E-state index contributed by atoms with van der Waals surface area (Å²) in [6, 6.07) is 4.88. The first-order valence-electron chi connectivity index (χ1n) is 4.43. The summed E-state index contributed by atoms with van der Waals surface area (Å²) in [5.74, 6) is 0. The predicted molar refractivity (Wildman–Crippen MR) is 52.5 cm³/mol. The Balaban J connectivity index is 2.75. The molecule has 5 heteroatoms. The van der Waals surface area contributed by atoms with E-state index in [-0.39, 0.29) is 13.1 Å². The molecule has 0 bridgehead atoms. The smallest absolute Gasteiger partial charge is 0.416 e. The minimum absolute atomic E-state index is 0.0414. The van der Waals surface area contributed by atoms with Crippen molar-refractivity contribution in [3.8, 4) is 0 Å². The monoisotopic (exact) mass is 230 g/mol. The summed E-state index contributed by atoms with van der Waals surface area (Å²) >= 11 is 0. The third-order valence-corrected chi connectivity index (χ3v) is 1.78. The van der Waals surface area contributed by atoms with E-state index in [9.17, 15) is 18.0 Å². The van der Waals surface area contributed by atoms with E-state index < -0.39 is 11.7 Å². The molecule has 0 fully saturated rings. The molecule has 0 aliphatic heterocycles. The van der Waals surface area contributed by atoms with Crippen LogP contribution in [0.15, 0.2) is 30.3 Å². The number of hydrogen-bond donors (Lipinski definition) is 0. The highest BCUT2D eigenvalue weighted by Gasteiger charge is 2.30. The summed E-state index contributed by atoms with van der Waals surface area (Å²) in [5.41, 5.74) is -0.296. The molecule has 0 aromatic heterocycles. The SMILES string of the molecule is O=COCC=Cc1cccc(C(F)(F)F)c1. The fourth-order valence-corrected chi connectivity index (χ4v) is 1.10. The van der Waals surface area contributed by atoms with Crippen LogP contribution in [-0.2, 0) is 15.7 Å². The van der Waals surface area contributed by atoms with E-state index in [0.29, 0.717) is 5.56 Å². The topological polar surface area (TPSA) is 26.3 Å². The van der Waals surface area contributed by atoms with Crippen LogP contribution >= 0.6 is 0 Å². The van der Waals surface area contributed by atoms with Crippen LogP contribution in [-0.4, -0.2) is 13.1 Å². The van der Waals surface area contributed by atoms with E-state index in [1.165, 1.54) is 24.3 Å². The average Bonchev–Trinajstić information content (AvgIpc) is 2.24. The van der Waals surface area contributed by atoms with E-state index in [1.807, 2.05) is 0 Å². The van der Waals surface area contributed by atoms with Gasteiger partial charge in [-0.1, -0.05) is 18.2 Å². The maximum absolute atomic E-state index is 12.3. The van der Waals surface area contributed by atoms with Gasteiger partial charge in [-0.15, -0.1) is 0 Å². The molecule has 0 aliphatic rings. The third kappa shape index (κ3) is 3.76. The highest BCUT2D eigenvalue weighted by molar-refractivity contribution is 5.51. The molecule has 0 aliphatic carbocycles. The molecule has 0 heterocycles. The molecule has 1 rings (SSSR count). The van der Waals surface area contributed by atoms with Gasteiger partial charge in [-0.05, 0) is 23.8 Å². The molecule has 86 valence electrons. The lowest BCUT2D eigenvalue weighted by atomic mass is 10.1. The van der Waals surface area contributed by atoms with Gasteiger partial charge in [-0.3, -0.25) is 4.79 Å². The number of carbonyl (C=O) groups excluding carboxylic acids is 1. The molecule has 0 spiro atoms. The van der Waals surface area contributed by atoms with Crippen molar-refractivity contribution in [3.63, 3.8) is 0 Å². The van der Waals surface area contributed by atoms with Crippen LogP contribution in [0.2, 0.25) is 0 Å². The second-order valence-electron chi connectivity index (χ2n) is 2.96. The first-order valence-corrected chi connectivity index (χ1v) is 4.43. The van der Waals surface area contributed by atoms with Gasteiger partial charge in [-0.2, -0.15) is 13.2 Å². The summed E-state index contributed by atoms with van der Waals surface area (Å²) in [6.45, 7) is 0.316. The fourth-order valence-electron chi connectivity index (χ4n) is 1.10. The molecule has 16 heavy (non-hydrogen) atoms. The Morgan fingerprint density at radius 1 is 1.31 bits per heavy atom. The van der Waals surface area contributed by atoms with E-state index in [2.05, 4.69) is 4.74 Å².